The van der Waals surface area contributed by atoms with Gasteiger partial charge in [0.1, 0.15) is 5.78 Å². The summed E-state index contributed by atoms with van der Waals surface area (Å²) in [5.74, 6) is -1.56. The van der Waals surface area contributed by atoms with Crippen molar-refractivity contribution in [3.8, 4) is 0 Å². The third-order valence-corrected chi connectivity index (χ3v) is 1.91. The van der Waals surface area contributed by atoms with E-state index in [9.17, 15) is 19.2 Å². The monoisotopic (exact) mass is 244 g/mol. The van der Waals surface area contributed by atoms with Gasteiger partial charge in [0.15, 0.2) is 0 Å². The number of hydrogen-bond donors (Lipinski definition) is 1. The number of carboxylic acid groups (broad SMARTS) is 1. The van der Waals surface area contributed by atoms with Crippen molar-refractivity contribution < 1.29 is 29.0 Å². The van der Waals surface area contributed by atoms with Crippen molar-refractivity contribution in [3.63, 3.8) is 0 Å². The van der Waals surface area contributed by atoms with E-state index in [0.717, 1.165) is 0 Å². The molecule has 0 unspecified atom stereocenters. The molecule has 0 spiro atoms. The number of ketones is 1. The van der Waals surface area contributed by atoms with Gasteiger partial charge in [-0.1, -0.05) is 0 Å². The van der Waals surface area contributed by atoms with Gasteiger partial charge in [0.25, 0.3) is 0 Å². The summed E-state index contributed by atoms with van der Waals surface area (Å²) >= 11 is 0. The number of carbonyl (C=O) groups is 4. The summed E-state index contributed by atoms with van der Waals surface area (Å²) < 4.78 is 4.21. The molecule has 0 radical (unpaired) electrons. The van der Waals surface area contributed by atoms with Crippen LogP contribution in [0.5, 0.6) is 0 Å². The summed E-state index contributed by atoms with van der Waals surface area (Å²) in [5.41, 5.74) is 0. The Balaban J connectivity index is 0.000000302. The van der Waals surface area contributed by atoms with Crippen LogP contribution in [-0.2, 0) is 23.9 Å². The summed E-state index contributed by atoms with van der Waals surface area (Å²) in [6.45, 7) is 1.46. The van der Waals surface area contributed by atoms with Gasteiger partial charge >= 0.3 is 17.9 Å². The first-order valence-corrected chi connectivity index (χ1v) is 5.36. The van der Waals surface area contributed by atoms with Crippen molar-refractivity contribution in [2.24, 2.45) is 0 Å². The SMILES string of the molecule is CC(=O)CCCC(=O)O.O=C1CCCC(=O)O1. The molecular weight excluding hydrogens is 228 g/mol. The standard InChI is InChI=1S/C6H10O3.C5H6O3/c1-5(7)3-2-4-6(8)9;6-4-2-1-3-5(7)8-4/h2-4H2,1H3,(H,8,9);1-3H2. The zero-order valence-corrected chi connectivity index (χ0v) is 9.73. The molecule has 6 nitrogen and oxygen atoms in total. The van der Waals surface area contributed by atoms with Crippen LogP contribution in [0.2, 0.25) is 0 Å². The minimum absolute atomic E-state index is 0.0521. The molecule has 0 aromatic rings. The Morgan fingerprint density at radius 2 is 1.71 bits per heavy atom. The van der Waals surface area contributed by atoms with Gasteiger partial charge in [0.05, 0.1) is 0 Å². The molecule has 0 aromatic heterocycles. The molecule has 96 valence electrons. The molecule has 1 N–H and O–H groups in total. The fraction of sp³-hybridized carbons (Fsp3) is 0.636. The van der Waals surface area contributed by atoms with Crippen LogP contribution in [0, 0.1) is 0 Å². The largest absolute Gasteiger partial charge is 0.481 e. The van der Waals surface area contributed by atoms with E-state index in [1.807, 2.05) is 0 Å². The van der Waals surface area contributed by atoms with E-state index in [-0.39, 0.29) is 24.1 Å². The van der Waals surface area contributed by atoms with Crippen molar-refractivity contribution in [3.05, 3.63) is 0 Å². The number of aliphatic carboxylic acids is 1. The van der Waals surface area contributed by atoms with E-state index in [1.165, 1.54) is 6.92 Å². The maximum Gasteiger partial charge on any atom is 0.313 e. The molecule has 0 aliphatic carbocycles. The van der Waals surface area contributed by atoms with Crippen LogP contribution in [0.25, 0.3) is 0 Å². The molecule has 1 aliphatic rings. The zero-order valence-electron chi connectivity index (χ0n) is 9.73. The molecule has 0 aromatic carbocycles. The van der Waals surface area contributed by atoms with Gasteiger partial charge in [-0.3, -0.25) is 14.4 Å². The van der Waals surface area contributed by atoms with Crippen LogP contribution in [0.3, 0.4) is 0 Å². The number of ether oxygens (including phenoxy) is 1. The lowest BCUT2D eigenvalue weighted by Crippen LogP contribution is -2.17. The summed E-state index contributed by atoms with van der Waals surface area (Å²) in [6, 6.07) is 0. The first kappa shape index (κ1) is 15.3. The Morgan fingerprint density at radius 1 is 1.18 bits per heavy atom. The number of hydrogen-bond acceptors (Lipinski definition) is 5. The Morgan fingerprint density at radius 3 is 2.00 bits per heavy atom. The predicted octanol–water partition coefficient (Wildman–Crippen LogP) is 1.07. The number of carbonyl (C=O) groups excluding carboxylic acids is 3. The molecule has 0 saturated carbocycles. The van der Waals surface area contributed by atoms with Gasteiger partial charge in [-0.25, -0.2) is 0 Å². The summed E-state index contributed by atoms with van der Waals surface area (Å²) in [5, 5.41) is 8.12. The number of cyclic esters (lactones) is 2. The summed E-state index contributed by atoms with van der Waals surface area (Å²) in [7, 11) is 0. The topological polar surface area (TPSA) is 97.7 Å². The molecular formula is C11H16O6. The first-order valence-electron chi connectivity index (χ1n) is 5.36. The lowest BCUT2D eigenvalue weighted by molar-refractivity contribution is -0.163. The Hall–Kier alpha value is -1.72. The van der Waals surface area contributed by atoms with Gasteiger partial charge in [-0.05, 0) is 19.8 Å². The second-order valence-electron chi connectivity index (χ2n) is 3.65. The molecule has 1 heterocycles. The molecule has 1 fully saturated rings. The minimum Gasteiger partial charge on any atom is -0.481 e. The molecule has 0 amide bonds. The lowest BCUT2D eigenvalue weighted by atomic mass is 10.2. The van der Waals surface area contributed by atoms with Crippen LogP contribution >= 0.6 is 0 Å². The Labute approximate surface area is 98.9 Å². The molecule has 1 rings (SSSR count). The van der Waals surface area contributed by atoms with Crippen LogP contribution < -0.4 is 0 Å². The highest BCUT2D eigenvalue weighted by molar-refractivity contribution is 5.87. The number of Topliss-reactive ketones (excluding diaryl/α,β-unsaturated/α-hetero) is 1. The van der Waals surface area contributed by atoms with E-state index in [1.54, 1.807) is 0 Å². The normalized spacial score (nSPS) is 14.4. The number of esters is 2. The lowest BCUT2D eigenvalue weighted by Gasteiger charge is -2.06. The van der Waals surface area contributed by atoms with E-state index in [4.69, 9.17) is 5.11 Å². The zero-order chi connectivity index (χ0) is 13.3. The molecule has 6 heteroatoms. The van der Waals surface area contributed by atoms with Crippen molar-refractivity contribution in [2.45, 2.75) is 45.4 Å². The highest BCUT2D eigenvalue weighted by Crippen LogP contribution is 2.06. The van der Waals surface area contributed by atoms with Gasteiger partial charge in [-0.2, -0.15) is 0 Å². The van der Waals surface area contributed by atoms with Gasteiger partial charge in [-0.15, -0.1) is 0 Å². The smallest absolute Gasteiger partial charge is 0.313 e. The maximum atomic E-state index is 10.2. The van der Waals surface area contributed by atoms with Gasteiger partial charge < -0.3 is 14.6 Å². The Bertz CT molecular complexity index is 279. The third-order valence-electron chi connectivity index (χ3n) is 1.91. The maximum absolute atomic E-state index is 10.2. The van der Waals surface area contributed by atoms with Crippen molar-refractivity contribution in [2.75, 3.05) is 0 Å². The fourth-order valence-electron chi connectivity index (χ4n) is 1.09. The molecule has 0 bridgehead atoms. The second kappa shape index (κ2) is 8.43. The third kappa shape index (κ3) is 10.6. The predicted molar refractivity (Wildman–Crippen MR) is 57.1 cm³/mol. The summed E-state index contributed by atoms with van der Waals surface area (Å²) in [4.78, 5) is 40.6. The van der Waals surface area contributed by atoms with Crippen molar-refractivity contribution in [1.82, 2.24) is 0 Å². The molecule has 0 atom stereocenters. The van der Waals surface area contributed by atoms with Gasteiger partial charge in [0, 0.05) is 25.7 Å². The van der Waals surface area contributed by atoms with E-state index in [2.05, 4.69) is 4.74 Å². The van der Waals surface area contributed by atoms with Crippen molar-refractivity contribution >= 4 is 23.7 Å². The molecule has 1 saturated heterocycles. The summed E-state index contributed by atoms with van der Waals surface area (Å²) in [6.07, 6.45) is 2.38. The Kier molecular flexibility index (Phi) is 7.58. The van der Waals surface area contributed by atoms with Gasteiger partial charge in [0.2, 0.25) is 0 Å². The van der Waals surface area contributed by atoms with Crippen molar-refractivity contribution in [1.29, 1.82) is 0 Å². The number of carboxylic acids is 1. The van der Waals surface area contributed by atoms with E-state index < -0.39 is 5.97 Å². The highest BCUT2D eigenvalue weighted by Gasteiger charge is 2.15. The molecule has 1 aliphatic heterocycles. The van der Waals surface area contributed by atoms with Crippen LogP contribution in [0.4, 0.5) is 0 Å². The van der Waals surface area contributed by atoms with Crippen LogP contribution in [-0.4, -0.2) is 28.8 Å². The van der Waals surface area contributed by atoms with Crippen LogP contribution in [0.15, 0.2) is 0 Å². The average Bonchev–Trinajstić information content (AvgIpc) is 2.16. The van der Waals surface area contributed by atoms with E-state index >= 15 is 0 Å². The minimum atomic E-state index is -0.837. The first-order chi connectivity index (χ1) is 7.91. The van der Waals surface area contributed by atoms with Crippen LogP contribution in [0.1, 0.15) is 45.4 Å². The number of rotatable bonds is 4. The highest BCUT2D eigenvalue weighted by atomic mass is 16.6. The molecule has 17 heavy (non-hydrogen) atoms. The fourth-order valence-corrected chi connectivity index (χ4v) is 1.09. The van der Waals surface area contributed by atoms with E-state index in [0.29, 0.717) is 32.1 Å². The average molecular weight is 244 g/mol. The second-order valence-corrected chi connectivity index (χ2v) is 3.65. The quantitative estimate of drug-likeness (QED) is 0.586.